The van der Waals surface area contributed by atoms with Gasteiger partial charge in [0.25, 0.3) is 0 Å². The van der Waals surface area contributed by atoms with Crippen molar-refractivity contribution >= 4 is 6.29 Å². The summed E-state index contributed by atoms with van der Waals surface area (Å²) in [6, 6.07) is 13.3. The van der Waals surface area contributed by atoms with Gasteiger partial charge in [0.05, 0.1) is 5.69 Å². The molecule has 2 aromatic carbocycles. The van der Waals surface area contributed by atoms with E-state index in [1.807, 2.05) is 31.2 Å². The third kappa shape index (κ3) is 3.26. The lowest BCUT2D eigenvalue weighted by atomic mass is 10.2. The highest BCUT2D eigenvalue weighted by atomic mass is 19.1. The molecule has 3 rings (SSSR count). The number of nitrogens with zero attached hydrogens (tertiary/aromatic N) is 3. The van der Waals surface area contributed by atoms with Crippen LogP contribution < -0.4 is 4.74 Å². The van der Waals surface area contributed by atoms with Gasteiger partial charge in [-0.05, 0) is 43.3 Å². The zero-order valence-corrected chi connectivity index (χ0v) is 12.4. The van der Waals surface area contributed by atoms with Crippen LogP contribution in [0, 0.1) is 12.7 Å². The summed E-state index contributed by atoms with van der Waals surface area (Å²) < 4.78 is 20.2. The van der Waals surface area contributed by atoms with E-state index >= 15 is 0 Å². The fraction of sp³-hybridized carbons (Fsp3) is 0.118. The zero-order chi connectivity index (χ0) is 16.2. The first-order chi connectivity index (χ1) is 11.2. The van der Waals surface area contributed by atoms with Crippen molar-refractivity contribution in [3.05, 3.63) is 71.3 Å². The van der Waals surface area contributed by atoms with Gasteiger partial charge in [-0.15, -0.1) is 5.10 Å². The monoisotopic (exact) mass is 311 g/mol. The summed E-state index contributed by atoms with van der Waals surface area (Å²) in [5, 5.41) is 7.78. The predicted molar refractivity (Wildman–Crippen MR) is 82.2 cm³/mol. The van der Waals surface area contributed by atoms with Gasteiger partial charge in [-0.3, -0.25) is 4.79 Å². The molecule has 0 bridgehead atoms. The molecular formula is C17H14FN3O2. The third-order valence-corrected chi connectivity index (χ3v) is 3.37. The summed E-state index contributed by atoms with van der Waals surface area (Å²) in [6.45, 7) is 2.11. The molecule has 0 fully saturated rings. The molecule has 0 aliphatic rings. The Hall–Kier alpha value is -3.02. The van der Waals surface area contributed by atoms with E-state index in [-0.39, 0.29) is 18.1 Å². The molecule has 0 spiro atoms. The van der Waals surface area contributed by atoms with Gasteiger partial charge >= 0.3 is 0 Å². The SMILES string of the molecule is Cc1ccc(OCc2c(C=O)nnn2-c2ccc(F)cc2)cc1. The summed E-state index contributed by atoms with van der Waals surface area (Å²) in [5.74, 6) is 0.334. The van der Waals surface area contributed by atoms with Crippen LogP contribution in [0.5, 0.6) is 5.75 Å². The lowest BCUT2D eigenvalue weighted by Crippen LogP contribution is -2.07. The lowest BCUT2D eigenvalue weighted by Gasteiger charge is -2.09. The minimum Gasteiger partial charge on any atom is -0.487 e. The van der Waals surface area contributed by atoms with E-state index in [9.17, 15) is 9.18 Å². The van der Waals surface area contributed by atoms with Crippen molar-refractivity contribution in [2.75, 3.05) is 0 Å². The van der Waals surface area contributed by atoms with Crippen LogP contribution in [-0.4, -0.2) is 21.3 Å². The normalized spacial score (nSPS) is 10.5. The van der Waals surface area contributed by atoms with Gasteiger partial charge < -0.3 is 4.74 Å². The molecule has 0 atom stereocenters. The highest BCUT2D eigenvalue weighted by Crippen LogP contribution is 2.17. The van der Waals surface area contributed by atoms with E-state index in [1.165, 1.54) is 16.8 Å². The van der Waals surface area contributed by atoms with Gasteiger partial charge in [-0.1, -0.05) is 22.9 Å². The van der Waals surface area contributed by atoms with Gasteiger partial charge in [0.15, 0.2) is 12.0 Å². The van der Waals surface area contributed by atoms with Crippen molar-refractivity contribution < 1.29 is 13.9 Å². The van der Waals surface area contributed by atoms with Gasteiger partial charge in [-0.25, -0.2) is 9.07 Å². The van der Waals surface area contributed by atoms with Crippen LogP contribution >= 0.6 is 0 Å². The Morgan fingerprint density at radius 2 is 1.83 bits per heavy atom. The highest BCUT2D eigenvalue weighted by Gasteiger charge is 2.14. The first-order valence-corrected chi connectivity index (χ1v) is 7.02. The summed E-state index contributed by atoms with van der Waals surface area (Å²) >= 11 is 0. The second kappa shape index (κ2) is 6.39. The van der Waals surface area contributed by atoms with E-state index in [0.29, 0.717) is 23.4 Å². The number of halogens is 1. The van der Waals surface area contributed by atoms with Crippen LogP contribution in [-0.2, 0) is 6.61 Å². The Labute approximate surface area is 132 Å². The number of benzene rings is 2. The maximum atomic E-state index is 13.1. The number of rotatable bonds is 5. The van der Waals surface area contributed by atoms with Gasteiger partial charge in [-0.2, -0.15) is 0 Å². The molecule has 3 aromatic rings. The van der Waals surface area contributed by atoms with E-state index in [1.54, 1.807) is 12.1 Å². The molecule has 23 heavy (non-hydrogen) atoms. The Balaban J connectivity index is 1.88. The first kappa shape index (κ1) is 14.9. The molecule has 5 nitrogen and oxygen atoms in total. The number of aldehydes is 1. The smallest absolute Gasteiger partial charge is 0.172 e. The average Bonchev–Trinajstić information content (AvgIpc) is 2.98. The molecule has 0 unspecified atom stereocenters. The number of aryl methyl sites for hydroxylation is 1. The first-order valence-electron chi connectivity index (χ1n) is 7.02. The van der Waals surface area contributed by atoms with Crippen LogP contribution in [0.2, 0.25) is 0 Å². The standard InChI is InChI=1S/C17H14FN3O2/c1-12-2-8-15(9-3-12)23-11-17-16(10-22)19-20-21(17)14-6-4-13(18)5-7-14/h2-10H,11H2,1H3. The average molecular weight is 311 g/mol. The van der Waals surface area contributed by atoms with Gasteiger partial charge in [0.2, 0.25) is 0 Å². The maximum Gasteiger partial charge on any atom is 0.172 e. The Morgan fingerprint density at radius 3 is 2.48 bits per heavy atom. The Bertz CT molecular complexity index is 811. The van der Waals surface area contributed by atoms with E-state index in [4.69, 9.17) is 4.74 Å². The summed E-state index contributed by atoms with van der Waals surface area (Å²) in [6.07, 6.45) is 0.626. The predicted octanol–water partition coefficient (Wildman–Crippen LogP) is 3.11. The van der Waals surface area contributed by atoms with Gasteiger partial charge in [0, 0.05) is 0 Å². The largest absolute Gasteiger partial charge is 0.487 e. The van der Waals surface area contributed by atoms with Crippen LogP contribution in [0.25, 0.3) is 5.69 Å². The van der Waals surface area contributed by atoms with Crippen LogP contribution in [0.4, 0.5) is 4.39 Å². The van der Waals surface area contributed by atoms with Crippen molar-refractivity contribution in [1.82, 2.24) is 15.0 Å². The molecule has 1 heterocycles. The maximum absolute atomic E-state index is 13.1. The molecule has 0 N–H and O–H groups in total. The highest BCUT2D eigenvalue weighted by molar-refractivity contribution is 5.73. The number of hydrogen-bond acceptors (Lipinski definition) is 4. The van der Waals surface area contributed by atoms with Crippen molar-refractivity contribution in [3.8, 4) is 11.4 Å². The van der Waals surface area contributed by atoms with Gasteiger partial charge in [0.1, 0.15) is 23.9 Å². The molecule has 0 amide bonds. The van der Waals surface area contributed by atoms with Crippen LogP contribution in [0.15, 0.2) is 48.5 Å². The minimum atomic E-state index is -0.345. The van der Waals surface area contributed by atoms with Crippen molar-refractivity contribution in [2.45, 2.75) is 13.5 Å². The minimum absolute atomic E-state index is 0.126. The molecule has 1 aromatic heterocycles. The quantitative estimate of drug-likeness (QED) is 0.679. The Morgan fingerprint density at radius 1 is 1.13 bits per heavy atom. The van der Waals surface area contributed by atoms with E-state index in [2.05, 4.69) is 10.3 Å². The van der Waals surface area contributed by atoms with Crippen LogP contribution in [0.1, 0.15) is 21.7 Å². The van der Waals surface area contributed by atoms with E-state index < -0.39 is 0 Å². The van der Waals surface area contributed by atoms with Crippen molar-refractivity contribution in [2.24, 2.45) is 0 Å². The number of ether oxygens (including phenoxy) is 1. The van der Waals surface area contributed by atoms with Crippen molar-refractivity contribution in [3.63, 3.8) is 0 Å². The molecule has 6 heteroatoms. The molecule has 116 valence electrons. The number of aromatic nitrogens is 3. The molecule has 0 saturated carbocycles. The second-order valence-electron chi connectivity index (χ2n) is 5.03. The molecule has 0 radical (unpaired) electrons. The molecule has 0 aliphatic heterocycles. The molecule has 0 saturated heterocycles. The second-order valence-corrected chi connectivity index (χ2v) is 5.03. The lowest BCUT2D eigenvalue weighted by molar-refractivity contribution is 0.111. The molecule has 0 aliphatic carbocycles. The number of hydrogen-bond donors (Lipinski definition) is 0. The van der Waals surface area contributed by atoms with E-state index in [0.717, 1.165) is 5.56 Å². The summed E-state index contributed by atoms with van der Waals surface area (Å²) in [5.41, 5.74) is 2.44. The molecular weight excluding hydrogens is 297 g/mol. The fourth-order valence-electron chi connectivity index (χ4n) is 2.12. The zero-order valence-electron chi connectivity index (χ0n) is 12.4. The summed E-state index contributed by atoms with van der Waals surface area (Å²) in [7, 11) is 0. The summed E-state index contributed by atoms with van der Waals surface area (Å²) in [4.78, 5) is 11.2. The number of carbonyl (C=O) groups is 1. The fourth-order valence-corrected chi connectivity index (χ4v) is 2.12. The Kier molecular flexibility index (Phi) is 4.14. The number of carbonyl (C=O) groups excluding carboxylic acids is 1. The topological polar surface area (TPSA) is 57.0 Å². The van der Waals surface area contributed by atoms with Crippen LogP contribution in [0.3, 0.4) is 0 Å². The third-order valence-electron chi connectivity index (χ3n) is 3.37. The van der Waals surface area contributed by atoms with Crippen molar-refractivity contribution in [1.29, 1.82) is 0 Å².